The summed E-state index contributed by atoms with van der Waals surface area (Å²) < 4.78 is 22.0. The number of aromatic nitrogens is 2. The van der Waals surface area contributed by atoms with Gasteiger partial charge in [0.1, 0.15) is 16.6 Å². The summed E-state index contributed by atoms with van der Waals surface area (Å²) in [5.41, 5.74) is 1.58. The lowest BCUT2D eigenvalue weighted by Gasteiger charge is -2.09. The zero-order valence-electron chi connectivity index (χ0n) is 15.0. The molecule has 0 aliphatic heterocycles. The fraction of sp³-hybridized carbons (Fsp3) is 0.263. The highest BCUT2D eigenvalue weighted by atomic mass is 35.5. The molecule has 0 fully saturated rings. The minimum Gasteiger partial charge on any atom is -0.493 e. The molecule has 0 amide bonds. The molecule has 0 N–H and O–H groups in total. The SMILES string of the molecule is CCOc1ccc(/C=C(\Cl)c2nnc(-c3cc(C)oc3C)o2)cc1OC. The van der Waals surface area contributed by atoms with Crippen LogP contribution in [0.5, 0.6) is 11.5 Å². The molecular weight excluding hydrogens is 356 g/mol. The first-order valence-corrected chi connectivity index (χ1v) is 8.49. The Bertz CT molecular complexity index is 943. The van der Waals surface area contributed by atoms with E-state index in [1.54, 1.807) is 13.2 Å². The van der Waals surface area contributed by atoms with E-state index >= 15 is 0 Å². The van der Waals surface area contributed by atoms with Crippen LogP contribution in [0.1, 0.15) is 29.9 Å². The quantitative estimate of drug-likeness (QED) is 0.598. The topological polar surface area (TPSA) is 70.5 Å². The van der Waals surface area contributed by atoms with Crippen molar-refractivity contribution in [3.05, 3.63) is 47.2 Å². The number of benzene rings is 1. The summed E-state index contributed by atoms with van der Waals surface area (Å²) in [6.07, 6.45) is 1.73. The van der Waals surface area contributed by atoms with Crippen LogP contribution in [-0.2, 0) is 0 Å². The van der Waals surface area contributed by atoms with Crippen LogP contribution in [0.3, 0.4) is 0 Å². The lowest BCUT2D eigenvalue weighted by Crippen LogP contribution is -1.95. The highest BCUT2D eigenvalue weighted by Crippen LogP contribution is 2.32. The fourth-order valence-corrected chi connectivity index (χ4v) is 2.73. The van der Waals surface area contributed by atoms with Crippen molar-refractivity contribution in [2.24, 2.45) is 0 Å². The van der Waals surface area contributed by atoms with Gasteiger partial charge < -0.3 is 18.3 Å². The van der Waals surface area contributed by atoms with E-state index in [0.29, 0.717) is 34.8 Å². The van der Waals surface area contributed by atoms with E-state index in [9.17, 15) is 0 Å². The van der Waals surface area contributed by atoms with Crippen LogP contribution in [0.25, 0.3) is 22.6 Å². The van der Waals surface area contributed by atoms with Gasteiger partial charge in [-0.1, -0.05) is 17.7 Å². The maximum absolute atomic E-state index is 6.35. The molecule has 3 aromatic rings. The van der Waals surface area contributed by atoms with Crippen molar-refractivity contribution in [1.82, 2.24) is 10.2 Å². The van der Waals surface area contributed by atoms with Crippen molar-refractivity contribution in [2.45, 2.75) is 20.8 Å². The number of aryl methyl sites for hydroxylation is 2. The Labute approximate surface area is 156 Å². The molecule has 26 heavy (non-hydrogen) atoms. The molecule has 0 aliphatic rings. The number of halogens is 1. The van der Waals surface area contributed by atoms with Gasteiger partial charge in [0.25, 0.3) is 11.8 Å². The molecule has 0 saturated heterocycles. The Balaban J connectivity index is 1.87. The van der Waals surface area contributed by atoms with E-state index in [2.05, 4.69) is 10.2 Å². The summed E-state index contributed by atoms with van der Waals surface area (Å²) >= 11 is 6.35. The Hall–Kier alpha value is -2.73. The number of nitrogens with zero attached hydrogens (tertiary/aromatic N) is 2. The summed E-state index contributed by atoms with van der Waals surface area (Å²) in [4.78, 5) is 0. The van der Waals surface area contributed by atoms with Crippen molar-refractivity contribution in [3.63, 3.8) is 0 Å². The molecular formula is C19H19ClN2O4. The van der Waals surface area contributed by atoms with Crippen LogP contribution in [0, 0.1) is 13.8 Å². The van der Waals surface area contributed by atoms with E-state index in [-0.39, 0.29) is 5.89 Å². The Morgan fingerprint density at radius 2 is 1.96 bits per heavy atom. The lowest BCUT2D eigenvalue weighted by molar-refractivity contribution is 0.311. The number of furan rings is 1. The second kappa shape index (κ2) is 7.66. The smallest absolute Gasteiger partial charge is 0.259 e. The zero-order chi connectivity index (χ0) is 18.7. The predicted octanol–water partition coefficient (Wildman–Crippen LogP) is 5.09. The third kappa shape index (κ3) is 3.75. The number of rotatable bonds is 6. The van der Waals surface area contributed by atoms with Crippen molar-refractivity contribution < 1.29 is 18.3 Å². The highest BCUT2D eigenvalue weighted by Gasteiger charge is 2.16. The molecule has 0 bridgehead atoms. The van der Waals surface area contributed by atoms with Gasteiger partial charge in [0.2, 0.25) is 0 Å². The lowest BCUT2D eigenvalue weighted by atomic mass is 10.2. The molecule has 0 unspecified atom stereocenters. The van der Waals surface area contributed by atoms with Gasteiger partial charge >= 0.3 is 0 Å². The van der Waals surface area contributed by atoms with Crippen LogP contribution in [0.4, 0.5) is 0 Å². The molecule has 0 spiro atoms. The zero-order valence-corrected chi connectivity index (χ0v) is 15.8. The van der Waals surface area contributed by atoms with Gasteiger partial charge in [0, 0.05) is 0 Å². The Morgan fingerprint density at radius 3 is 2.62 bits per heavy atom. The van der Waals surface area contributed by atoms with Gasteiger partial charge in [-0.05, 0) is 50.6 Å². The second-order valence-electron chi connectivity index (χ2n) is 5.57. The maximum Gasteiger partial charge on any atom is 0.259 e. The highest BCUT2D eigenvalue weighted by molar-refractivity contribution is 6.50. The summed E-state index contributed by atoms with van der Waals surface area (Å²) in [5.74, 6) is 3.39. The maximum atomic E-state index is 6.35. The molecule has 0 saturated carbocycles. The molecule has 2 aromatic heterocycles. The van der Waals surface area contributed by atoms with Gasteiger partial charge in [-0.2, -0.15) is 0 Å². The largest absolute Gasteiger partial charge is 0.493 e. The van der Waals surface area contributed by atoms with Gasteiger partial charge in [-0.3, -0.25) is 0 Å². The minimum absolute atomic E-state index is 0.229. The van der Waals surface area contributed by atoms with Gasteiger partial charge in [0.05, 0.1) is 19.3 Å². The summed E-state index contributed by atoms with van der Waals surface area (Å²) in [6.45, 7) is 6.18. The Kier molecular flexibility index (Phi) is 5.32. The van der Waals surface area contributed by atoms with Crippen LogP contribution in [0.15, 0.2) is 33.1 Å². The molecule has 6 nitrogen and oxygen atoms in total. The van der Waals surface area contributed by atoms with E-state index in [4.69, 9.17) is 29.9 Å². The molecule has 0 atom stereocenters. The second-order valence-corrected chi connectivity index (χ2v) is 5.98. The predicted molar refractivity (Wildman–Crippen MR) is 99.4 cm³/mol. The summed E-state index contributed by atoms with van der Waals surface area (Å²) in [5, 5.41) is 8.39. The fourth-order valence-electron chi connectivity index (χ4n) is 2.53. The number of methoxy groups -OCH3 is 1. The van der Waals surface area contributed by atoms with Crippen molar-refractivity contribution in [1.29, 1.82) is 0 Å². The van der Waals surface area contributed by atoms with Gasteiger partial charge in [0.15, 0.2) is 11.5 Å². The third-order valence-electron chi connectivity index (χ3n) is 3.68. The van der Waals surface area contributed by atoms with Gasteiger partial charge in [-0.25, -0.2) is 0 Å². The van der Waals surface area contributed by atoms with Crippen molar-refractivity contribution in [3.8, 4) is 23.0 Å². The normalized spacial score (nSPS) is 11.7. The first-order valence-electron chi connectivity index (χ1n) is 8.11. The van der Waals surface area contributed by atoms with E-state index in [0.717, 1.165) is 16.9 Å². The average molecular weight is 375 g/mol. The number of hydrogen-bond donors (Lipinski definition) is 0. The van der Waals surface area contributed by atoms with Crippen LogP contribution in [0.2, 0.25) is 0 Å². The standard InChI is InChI=1S/C19H19ClN2O4/c1-5-24-16-7-6-13(10-17(16)23-4)9-15(20)19-22-21-18(26-19)14-8-11(2)25-12(14)3/h6-10H,5H2,1-4H3/b15-9-. The van der Waals surface area contributed by atoms with Crippen LogP contribution >= 0.6 is 11.6 Å². The van der Waals surface area contributed by atoms with Crippen LogP contribution in [-0.4, -0.2) is 23.9 Å². The molecule has 136 valence electrons. The minimum atomic E-state index is 0.229. The molecule has 2 heterocycles. The molecule has 0 aliphatic carbocycles. The number of ether oxygens (including phenoxy) is 2. The summed E-state index contributed by atoms with van der Waals surface area (Å²) in [7, 11) is 1.59. The average Bonchev–Trinajstić information content (AvgIpc) is 3.22. The first kappa shape index (κ1) is 18.1. The summed E-state index contributed by atoms with van der Waals surface area (Å²) in [6, 6.07) is 7.38. The Morgan fingerprint density at radius 1 is 1.15 bits per heavy atom. The van der Waals surface area contributed by atoms with Crippen LogP contribution < -0.4 is 9.47 Å². The number of hydrogen-bond acceptors (Lipinski definition) is 6. The first-order chi connectivity index (χ1) is 12.5. The van der Waals surface area contributed by atoms with E-state index in [1.807, 2.05) is 45.0 Å². The van der Waals surface area contributed by atoms with Crippen molar-refractivity contribution >= 4 is 22.7 Å². The molecule has 0 radical (unpaired) electrons. The van der Waals surface area contributed by atoms with E-state index in [1.165, 1.54) is 0 Å². The van der Waals surface area contributed by atoms with Crippen molar-refractivity contribution in [2.75, 3.05) is 13.7 Å². The monoisotopic (exact) mass is 374 g/mol. The molecule has 1 aromatic carbocycles. The third-order valence-corrected chi connectivity index (χ3v) is 3.95. The van der Waals surface area contributed by atoms with E-state index < -0.39 is 0 Å². The molecule has 7 heteroatoms. The van der Waals surface area contributed by atoms with Gasteiger partial charge in [-0.15, -0.1) is 10.2 Å². The molecule has 3 rings (SSSR count).